The van der Waals surface area contributed by atoms with Crippen LogP contribution in [0.5, 0.6) is 0 Å². The molecule has 3 aromatic rings. The smallest absolute Gasteiger partial charge is 0.233 e. The van der Waals surface area contributed by atoms with Crippen molar-refractivity contribution in [1.82, 2.24) is 4.98 Å². The Kier molecular flexibility index (Phi) is 5.30. The van der Waals surface area contributed by atoms with Crippen LogP contribution in [0.25, 0.3) is 0 Å². The average molecular weight is 394 g/mol. The fourth-order valence-electron chi connectivity index (χ4n) is 3.53. The Labute approximate surface area is 166 Å². The van der Waals surface area contributed by atoms with E-state index in [1.807, 2.05) is 42.5 Å². The number of benzene rings is 2. The van der Waals surface area contributed by atoms with E-state index in [9.17, 15) is 8.42 Å². The Morgan fingerprint density at radius 3 is 2.54 bits per heavy atom. The highest BCUT2D eigenvalue weighted by molar-refractivity contribution is 7.92. The summed E-state index contributed by atoms with van der Waals surface area (Å²) in [4.78, 5) is 6.52. The Bertz CT molecular complexity index is 1030. The van der Waals surface area contributed by atoms with Crippen LogP contribution in [-0.4, -0.2) is 25.7 Å². The van der Waals surface area contributed by atoms with E-state index in [1.54, 1.807) is 12.3 Å². The Morgan fingerprint density at radius 2 is 1.75 bits per heavy atom. The van der Waals surface area contributed by atoms with Crippen LogP contribution in [0, 0.1) is 0 Å². The number of pyridine rings is 1. The standard InChI is InChI=1S/C22H23N3O2S/c26-28(27,16-6-9-18-7-2-1-3-8-18)24-22-13-12-20(17-23-22)25-15-14-19-10-4-5-11-21(19)25/h1-5,7-8,10-13,17H,6,9,14-16H2,(H,23,24). The first-order valence-corrected chi connectivity index (χ1v) is 11.1. The lowest BCUT2D eigenvalue weighted by molar-refractivity contribution is 0.598. The molecule has 1 N–H and O–H groups in total. The molecule has 28 heavy (non-hydrogen) atoms. The minimum atomic E-state index is -3.41. The highest BCUT2D eigenvalue weighted by atomic mass is 32.2. The molecule has 1 aromatic heterocycles. The second kappa shape index (κ2) is 8.02. The number of fused-ring (bicyclic) bond motifs is 1. The van der Waals surface area contributed by atoms with E-state index >= 15 is 0 Å². The maximum Gasteiger partial charge on any atom is 0.233 e. The first-order chi connectivity index (χ1) is 13.6. The summed E-state index contributed by atoms with van der Waals surface area (Å²) in [6.07, 6.45) is 4.04. The zero-order valence-electron chi connectivity index (χ0n) is 15.6. The summed E-state index contributed by atoms with van der Waals surface area (Å²) in [7, 11) is -3.41. The summed E-state index contributed by atoms with van der Waals surface area (Å²) in [5, 5.41) is 0. The van der Waals surface area contributed by atoms with Gasteiger partial charge in [-0.05, 0) is 48.6 Å². The summed E-state index contributed by atoms with van der Waals surface area (Å²) in [6.45, 7) is 0.908. The minimum absolute atomic E-state index is 0.0742. The molecule has 0 atom stereocenters. The molecular formula is C22H23N3O2S. The van der Waals surface area contributed by atoms with Gasteiger partial charge in [0.2, 0.25) is 10.0 Å². The third-order valence-electron chi connectivity index (χ3n) is 4.93. The van der Waals surface area contributed by atoms with Gasteiger partial charge in [-0.3, -0.25) is 4.72 Å². The zero-order chi connectivity index (χ0) is 19.4. The second-order valence-electron chi connectivity index (χ2n) is 6.94. The normalized spacial score (nSPS) is 13.4. The van der Waals surface area contributed by atoms with Crippen LogP contribution < -0.4 is 9.62 Å². The molecule has 2 heterocycles. The largest absolute Gasteiger partial charge is 0.340 e. The number of para-hydroxylation sites is 1. The van der Waals surface area contributed by atoms with Crippen molar-refractivity contribution in [3.63, 3.8) is 0 Å². The van der Waals surface area contributed by atoms with Gasteiger partial charge in [0.05, 0.1) is 17.6 Å². The van der Waals surface area contributed by atoms with Crippen molar-refractivity contribution in [1.29, 1.82) is 0 Å². The van der Waals surface area contributed by atoms with Gasteiger partial charge in [-0.15, -0.1) is 0 Å². The highest BCUT2D eigenvalue weighted by Gasteiger charge is 2.20. The van der Waals surface area contributed by atoms with Crippen LogP contribution in [0.1, 0.15) is 17.5 Å². The molecule has 144 valence electrons. The van der Waals surface area contributed by atoms with Gasteiger partial charge in [-0.1, -0.05) is 48.5 Å². The maximum absolute atomic E-state index is 12.3. The molecule has 0 saturated heterocycles. The van der Waals surface area contributed by atoms with E-state index < -0.39 is 10.0 Å². The molecule has 1 aliphatic heterocycles. The van der Waals surface area contributed by atoms with Gasteiger partial charge < -0.3 is 4.90 Å². The van der Waals surface area contributed by atoms with E-state index in [2.05, 4.69) is 32.8 Å². The SMILES string of the molecule is O=S(=O)(CCCc1ccccc1)Nc1ccc(N2CCc3ccccc32)cn1. The van der Waals surface area contributed by atoms with Gasteiger partial charge in [0.15, 0.2) is 0 Å². The Hall–Kier alpha value is -2.86. The number of aryl methyl sites for hydroxylation is 1. The molecule has 0 unspecified atom stereocenters. The van der Waals surface area contributed by atoms with Gasteiger partial charge in [-0.2, -0.15) is 0 Å². The molecule has 0 radical (unpaired) electrons. The van der Waals surface area contributed by atoms with Gasteiger partial charge in [-0.25, -0.2) is 13.4 Å². The number of sulfonamides is 1. The molecule has 5 nitrogen and oxygen atoms in total. The van der Waals surface area contributed by atoms with E-state index in [0.29, 0.717) is 12.2 Å². The number of rotatable bonds is 7. The van der Waals surface area contributed by atoms with Crippen molar-refractivity contribution in [2.75, 3.05) is 21.9 Å². The summed E-state index contributed by atoms with van der Waals surface area (Å²) in [5.74, 6) is 0.432. The zero-order valence-corrected chi connectivity index (χ0v) is 16.4. The summed E-state index contributed by atoms with van der Waals surface area (Å²) < 4.78 is 27.3. The van der Waals surface area contributed by atoms with Crippen molar-refractivity contribution in [3.05, 3.63) is 84.1 Å². The molecule has 1 aliphatic rings. The number of nitrogens with zero attached hydrogens (tertiary/aromatic N) is 2. The van der Waals surface area contributed by atoms with Gasteiger partial charge in [0.1, 0.15) is 5.82 Å². The van der Waals surface area contributed by atoms with Crippen LogP contribution in [0.2, 0.25) is 0 Å². The summed E-state index contributed by atoms with van der Waals surface area (Å²) in [5.41, 5.74) is 4.63. The minimum Gasteiger partial charge on any atom is -0.340 e. The van der Waals surface area contributed by atoms with Crippen molar-refractivity contribution < 1.29 is 8.42 Å². The van der Waals surface area contributed by atoms with E-state index in [0.717, 1.165) is 30.6 Å². The summed E-state index contributed by atoms with van der Waals surface area (Å²) in [6, 6.07) is 21.9. The van der Waals surface area contributed by atoms with E-state index in [-0.39, 0.29) is 5.75 Å². The molecular weight excluding hydrogens is 370 g/mol. The molecule has 6 heteroatoms. The molecule has 0 spiro atoms. The number of anilines is 3. The summed E-state index contributed by atoms with van der Waals surface area (Å²) >= 11 is 0. The quantitative estimate of drug-likeness (QED) is 0.655. The lowest BCUT2D eigenvalue weighted by Crippen LogP contribution is -2.18. The van der Waals surface area contributed by atoms with Crippen LogP contribution in [-0.2, 0) is 22.9 Å². The Balaban J connectivity index is 1.36. The van der Waals surface area contributed by atoms with Gasteiger partial charge in [0.25, 0.3) is 0 Å². The van der Waals surface area contributed by atoms with Crippen molar-refractivity contribution in [3.8, 4) is 0 Å². The predicted molar refractivity (Wildman–Crippen MR) is 114 cm³/mol. The number of nitrogens with one attached hydrogen (secondary N) is 1. The molecule has 0 fully saturated rings. The van der Waals surface area contributed by atoms with Crippen molar-refractivity contribution in [2.45, 2.75) is 19.3 Å². The van der Waals surface area contributed by atoms with Crippen molar-refractivity contribution >= 4 is 27.2 Å². The lowest BCUT2D eigenvalue weighted by Gasteiger charge is -2.19. The predicted octanol–water partition coefficient (Wildman–Crippen LogP) is 4.15. The van der Waals surface area contributed by atoms with Gasteiger partial charge >= 0.3 is 0 Å². The molecule has 0 bridgehead atoms. The molecule has 4 rings (SSSR count). The lowest BCUT2D eigenvalue weighted by atomic mass is 10.1. The maximum atomic E-state index is 12.3. The third-order valence-corrected chi connectivity index (χ3v) is 6.27. The number of aromatic nitrogens is 1. The van der Waals surface area contributed by atoms with Gasteiger partial charge in [0, 0.05) is 12.2 Å². The van der Waals surface area contributed by atoms with E-state index in [4.69, 9.17) is 0 Å². The topological polar surface area (TPSA) is 62.3 Å². The fourth-order valence-corrected chi connectivity index (χ4v) is 4.60. The van der Waals surface area contributed by atoms with Crippen LogP contribution in [0.3, 0.4) is 0 Å². The highest BCUT2D eigenvalue weighted by Crippen LogP contribution is 2.34. The molecule has 0 aliphatic carbocycles. The van der Waals surface area contributed by atoms with Crippen LogP contribution >= 0.6 is 0 Å². The monoisotopic (exact) mass is 393 g/mol. The van der Waals surface area contributed by atoms with Crippen LogP contribution in [0.4, 0.5) is 17.2 Å². The second-order valence-corrected chi connectivity index (χ2v) is 8.78. The van der Waals surface area contributed by atoms with Crippen molar-refractivity contribution in [2.24, 2.45) is 0 Å². The first-order valence-electron chi connectivity index (χ1n) is 9.47. The van der Waals surface area contributed by atoms with E-state index in [1.165, 1.54) is 11.3 Å². The Morgan fingerprint density at radius 1 is 0.964 bits per heavy atom. The fraction of sp³-hybridized carbons (Fsp3) is 0.227. The average Bonchev–Trinajstić information content (AvgIpc) is 3.13. The van der Waals surface area contributed by atoms with Crippen LogP contribution in [0.15, 0.2) is 72.9 Å². The third kappa shape index (κ3) is 4.34. The first kappa shape index (κ1) is 18.5. The molecule has 0 amide bonds. The molecule has 0 saturated carbocycles. The molecule has 2 aromatic carbocycles. The number of hydrogen-bond acceptors (Lipinski definition) is 4. The number of hydrogen-bond donors (Lipinski definition) is 1.